The number of hydrogen-bond acceptors (Lipinski definition) is 2. The molecule has 0 amide bonds. The molecule has 1 aromatic rings. The number of rotatable bonds is 4. The lowest BCUT2D eigenvalue weighted by molar-refractivity contribution is 0.123. The SMILES string of the molecule is CN(C)C1(C(N)Cc2ccc(Cl)cc2Cl)CCCC1. The first-order chi connectivity index (χ1) is 8.95. The molecule has 2 nitrogen and oxygen atoms in total. The summed E-state index contributed by atoms with van der Waals surface area (Å²) in [7, 11) is 4.27. The normalized spacial score (nSPS) is 19.9. The van der Waals surface area contributed by atoms with Gasteiger partial charge in [0.15, 0.2) is 0 Å². The summed E-state index contributed by atoms with van der Waals surface area (Å²) in [6, 6.07) is 5.76. The highest BCUT2D eigenvalue weighted by Crippen LogP contribution is 2.37. The molecular formula is C15H22Cl2N2. The van der Waals surface area contributed by atoms with Gasteiger partial charge in [0.1, 0.15) is 0 Å². The van der Waals surface area contributed by atoms with E-state index >= 15 is 0 Å². The van der Waals surface area contributed by atoms with Crippen LogP contribution in [0.25, 0.3) is 0 Å². The van der Waals surface area contributed by atoms with Crippen molar-refractivity contribution in [3.63, 3.8) is 0 Å². The first kappa shape index (κ1) is 15.1. The summed E-state index contributed by atoms with van der Waals surface area (Å²) in [5, 5.41) is 1.39. The standard InChI is InChI=1S/C15H22Cl2N2/c1-19(2)15(7-3-4-8-15)14(18)9-11-5-6-12(16)10-13(11)17/h5-6,10,14H,3-4,7-9,18H2,1-2H3. The van der Waals surface area contributed by atoms with Crippen LogP contribution in [0, 0.1) is 0 Å². The Kier molecular flexibility index (Phi) is 4.78. The fourth-order valence-corrected chi connectivity index (χ4v) is 3.74. The number of hydrogen-bond donors (Lipinski definition) is 1. The van der Waals surface area contributed by atoms with E-state index in [1.54, 1.807) is 6.07 Å². The Morgan fingerprint density at radius 2 is 1.89 bits per heavy atom. The second-order valence-corrected chi connectivity index (χ2v) is 6.60. The van der Waals surface area contributed by atoms with Crippen molar-refractivity contribution in [3.8, 4) is 0 Å². The minimum absolute atomic E-state index is 0.101. The van der Waals surface area contributed by atoms with Crippen LogP contribution < -0.4 is 5.73 Å². The van der Waals surface area contributed by atoms with Crippen molar-refractivity contribution < 1.29 is 0 Å². The molecule has 0 radical (unpaired) electrons. The lowest BCUT2D eigenvalue weighted by atomic mass is 9.83. The van der Waals surface area contributed by atoms with E-state index in [0.717, 1.165) is 17.0 Å². The van der Waals surface area contributed by atoms with E-state index in [4.69, 9.17) is 28.9 Å². The van der Waals surface area contributed by atoms with Crippen LogP contribution in [-0.4, -0.2) is 30.6 Å². The van der Waals surface area contributed by atoms with Crippen LogP contribution in [0.2, 0.25) is 10.0 Å². The molecule has 0 saturated heterocycles. The quantitative estimate of drug-likeness (QED) is 0.918. The zero-order valence-electron chi connectivity index (χ0n) is 11.6. The molecule has 106 valence electrons. The molecule has 0 aliphatic heterocycles. The summed E-state index contributed by atoms with van der Waals surface area (Å²) in [5.41, 5.74) is 7.72. The molecule has 1 aliphatic carbocycles. The fourth-order valence-electron chi connectivity index (χ4n) is 3.25. The van der Waals surface area contributed by atoms with Crippen LogP contribution in [0.15, 0.2) is 18.2 Å². The fraction of sp³-hybridized carbons (Fsp3) is 0.600. The van der Waals surface area contributed by atoms with Gasteiger partial charge < -0.3 is 10.6 Å². The number of benzene rings is 1. The molecule has 0 aromatic heterocycles. The van der Waals surface area contributed by atoms with E-state index in [1.807, 2.05) is 12.1 Å². The Labute approximate surface area is 125 Å². The van der Waals surface area contributed by atoms with Gasteiger partial charge in [0.25, 0.3) is 0 Å². The molecule has 0 bridgehead atoms. The van der Waals surface area contributed by atoms with Gasteiger partial charge in [-0.05, 0) is 51.1 Å². The molecule has 0 spiro atoms. The second kappa shape index (κ2) is 6.01. The van der Waals surface area contributed by atoms with Gasteiger partial charge in [-0.1, -0.05) is 42.1 Å². The summed E-state index contributed by atoms with van der Waals surface area (Å²) in [6.45, 7) is 0. The van der Waals surface area contributed by atoms with Gasteiger partial charge in [0.05, 0.1) is 0 Å². The van der Waals surface area contributed by atoms with Crippen LogP contribution in [0.1, 0.15) is 31.2 Å². The average molecular weight is 301 g/mol. The van der Waals surface area contributed by atoms with E-state index in [1.165, 1.54) is 25.7 Å². The highest BCUT2D eigenvalue weighted by atomic mass is 35.5. The van der Waals surface area contributed by atoms with Crippen LogP contribution in [0.4, 0.5) is 0 Å². The van der Waals surface area contributed by atoms with Crippen molar-refractivity contribution >= 4 is 23.2 Å². The Bertz CT molecular complexity index is 440. The van der Waals surface area contributed by atoms with Crippen LogP contribution in [0.5, 0.6) is 0 Å². The van der Waals surface area contributed by atoms with Crippen LogP contribution in [-0.2, 0) is 6.42 Å². The zero-order chi connectivity index (χ0) is 14.0. The third-order valence-electron chi connectivity index (χ3n) is 4.51. The minimum atomic E-state index is 0.101. The van der Waals surface area contributed by atoms with Crippen LogP contribution in [0.3, 0.4) is 0 Å². The van der Waals surface area contributed by atoms with Gasteiger partial charge in [-0.25, -0.2) is 0 Å². The maximum Gasteiger partial charge on any atom is 0.0453 e. The Balaban J connectivity index is 2.17. The summed E-state index contributed by atoms with van der Waals surface area (Å²) in [4.78, 5) is 2.30. The topological polar surface area (TPSA) is 29.3 Å². The third kappa shape index (κ3) is 3.08. The Morgan fingerprint density at radius 3 is 2.42 bits per heavy atom. The molecule has 2 rings (SSSR count). The van der Waals surface area contributed by atoms with Gasteiger partial charge in [-0.15, -0.1) is 0 Å². The molecule has 1 fully saturated rings. The van der Waals surface area contributed by atoms with Gasteiger partial charge in [-0.2, -0.15) is 0 Å². The second-order valence-electron chi connectivity index (χ2n) is 5.75. The predicted octanol–water partition coefficient (Wildman–Crippen LogP) is 3.74. The monoisotopic (exact) mass is 300 g/mol. The lowest BCUT2D eigenvalue weighted by Gasteiger charge is -2.41. The number of halogens is 2. The maximum atomic E-state index is 6.52. The van der Waals surface area contributed by atoms with Crippen molar-refractivity contribution in [2.75, 3.05) is 14.1 Å². The van der Waals surface area contributed by atoms with Gasteiger partial charge in [-0.3, -0.25) is 0 Å². The molecule has 2 N–H and O–H groups in total. The first-order valence-electron chi connectivity index (χ1n) is 6.82. The molecule has 1 saturated carbocycles. The van der Waals surface area contributed by atoms with Gasteiger partial charge in [0, 0.05) is 21.6 Å². The summed E-state index contributed by atoms with van der Waals surface area (Å²) >= 11 is 12.2. The Morgan fingerprint density at radius 1 is 1.26 bits per heavy atom. The molecule has 1 atom stereocenters. The molecule has 19 heavy (non-hydrogen) atoms. The summed E-state index contributed by atoms with van der Waals surface area (Å²) in [6.07, 6.45) is 5.67. The Hall–Kier alpha value is -0.280. The summed E-state index contributed by atoms with van der Waals surface area (Å²) < 4.78 is 0. The average Bonchev–Trinajstić information content (AvgIpc) is 2.83. The first-order valence-corrected chi connectivity index (χ1v) is 7.58. The molecular weight excluding hydrogens is 279 g/mol. The molecule has 4 heteroatoms. The predicted molar refractivity (Wildman–Crippen MR) is 83.0 cm³/mol. The van der Waals surface area contributed by atoms with E-state index in [-0.39, 0.29) is 11.6 Å². The summed E-state index contributed by atoms with van der Waals surface area (Å²) in [5.74, 6) is 0. The van der Waals surface area contributed by atoms with Gasteiger partial charge in [0.2, 0.25) is 0 Å². The largest absolute Gasteiger partial charge is 0.326 e. The van der Waals surface area contributed by atoms with Crippen molar-refractivity contribution in [1.29, 1.82) is 0 Å². The molecule has 1 unspecified atom stereocenters. The minimum Gasteiger partial charge on any atom is -0.326 e. The number of nitrogens with zero attached hydrogens (tertiary/aromatic N) is 1. The number of nitrogens with two attached hydrogens (primary N) is 1. The molecule has 0 heterocycles. The lowest BCUT2D eigenvalue weighted by Crippen LogP contribution is -2.56. The van der Waals surface area contributed by atoms with Gasteiger partial charge >= 0.3 is 0 Å². The zero-order valence-corrected chi connectivity index (χ0v) is 13.1. The number of likely N-dealkylation sites (N-methyl/N-ethyl adjacent to an activating group) is 1. The maximum absolute atomic E-state index is 6.52. The highest BCUT2D eigenvalue weighted by Gasteiger charge is 2.41. The molecule has 1 aliphatic rings. The van der Waals surface area contributed by atoms with Crippen molar-refractivity contribution in [2.24, 2.45) is 5.73 Å². The van der Waals surface area contributed by atoms with Crippen molar-refractivity contribution in [3.05, 3.63) is 33.8 Å². The van der Waals surface area contributed by atoms with E-state index in [9.17, 15) is 0 Å². The van der Waals surface area contributed by atoms with Crippen molar-refractivity contribution in [2.45, 2.75) is 43.7 Å². The smallest absolute Gasteiger partial charge is 0.0453 e. The molecule has 1 aromatic carbocycles. The van der Waals surface area contributed by atoms with E-state index in [2.05, 4.69) is 19.0 Å². The van der Waals surface area contributed by atoms with Crippen molar-refractivity contribution in [1.82, 2.24) is 4.90 Å². The third-order valence-corrected chi connectivity index (χ3v) is 5.09. The van der Waals surface area contributed by atoms with E-state index in [0.29, 0.717) is 5.02 Å². The highest BCUT2D eigenvalue weighted by molar-refractivity contribution is 6.35. The van der Waals surface area contributed by atoms with E-state index < -0.39 is 0 Å². The van der Waals surface area contributed by atoms with Crippen LogP contribution >= 0.6 is 23.2 Å².